The molecule has 0 aliphatic rings. The van der Waals surface area contributed by atoms with Gasteiger partial charge in [0.15, 0.2) is 5.13 Å². The summed E-state index contributed by atoms with van der Waals surface area (Å²) in [6.45, 7) is 3.91. The van der Waals surface area contributed by atoms with Crippen LogP contribution in [-0.4, -0.2) is 24.0 Å². The van der Waals surface area contributed by atoms with Gasteiger partial charge in [0.2, 0.25) is 5.91 Å². The summed E-state index contributed by atoms with van der Waals surface area (Å²) in [4.78, 5) is 16.3. The molecular weight excluding hydrogens is 298 g/mol. The molecular formula is C16H21N3O2S. The second-order valence-corrected chi connectivity index (χ2v) is 6.16. The summed E-state index contributed by atoms with van der Waals surface area (Å²) in [5.41, 5.74) is 8.51. The van der Waals surface area contributed by atoms with Crippen LogP contribution < -0.4 is 15.8 Å². The minimum Gasteiger partial charge on any atom is -0.496 e. The van der Waals surface area contributed by atoms with Gasteiger partial charge in [-0.3, -0.25) is 4.79 Å². The number of carbonyl (C=O) groups is 1. The number of methoxy groups -OCH3 is 1. The van der Waals surface area contributed by atoms with Crippen LogP contribution in [0.2, 0.25) is 0 Å². The van der Waals surface area contributed by atoms with Crippen molar-refractivity contribution in [3.63, 3.8) is 0 Å². The van der Waals surface area contributed by atoms with Crippen LogP contribution in [0.25, 0.3) is 11.3 Å². The molecule has 6 heteroatoms. The van der Waals surface area contributed by atoms with E-state index in [0.29, 0.717) is 18.0 Å². The van der Waals surface area contributed by atoms with Crippen molar-refractivity contribution >= 4 is 22.4 Å². The van der Waals surface area contributed by atoms with Crippen molar-refractivity contribution in [1.29, 1.82) is 0 Å². The van der Waals surface area contributed by atoms with Crippen LogP contribution in [0.1, 0.15) is 25.3 Å². The average Bonchev–Trinajstić information content (AvgIpc) is 2.93. The highest BCUT2D eigenvalue weighted by molar-refractivity contribution is 7.14. The van der Waals surface area contributed by atoms with E-state index in [-0.39, 0.29) is 11.9 Å². The van der Waals surface area contributed by atoms with Crippen molar-refractivity contribution in [3.8, 4) is 17.0 Å². The molecule has 1 amide bonds. The van der Waals surface area contributed by atoms with Gasteiger partial charge in [-0.2, -0.15) is 0 Å². The molecule has 2 rings (SSSR count). The first kappa shape index (κ1) is 16.5. The molecule has 3 N–H and O–H groups in total. The number of aromatic nitrogens is 1. The lowest BCUT2D eigenvalue weighted by Crippen LogP contribution is -2.19. The van der Waals surface area contributed by atoms with Gasteiger partial charge in [0, 0.05) is 23.4 Å². The van der Waals surface area contributed by atoms with E-state index in [1.54, 1.807) is 7.11 Å². The van der Waals surface area contributed by atoms with Crippen LogP contribution in [0.3, 0.4) is 0 Å². The third-order valence-corrected chi connectivity index (χ3v) is 3.97. The molecule has 118 valence electrons. The zero-order valence-corrected chi connectivity index (χ0v) is 13.9. The summed E-state index contributed by atoms with van der Waals surface area (Å²) in [7, 11) is 1.64. The molecule has 1 atom stereocenters. The number of aryl methyl sites for hydroxylation is 1. The molecule has 0 radical (unpaired) electrons. The molecule has 0 fully saturated rings. The van der Waals surface area contributed by atoms with Gasteiger partial charge in [-0.15, -0.1) is 11.3 Å². The van der Waals surface area contributed by atoms with E-state index in [1.807, 2.05) is 37.4 Å². The van der Waals surface area contributed by atoms with Crippen molar-refractivity contribution in [3.05, 3.63) is 29.1 Å². The third-order valence-electron chi connectivity index (χ3n) is 3.21. The molecule has 0 bridgehead atoms. The fraction of sp³-hybridized carbons (Fsp3) is 0.375. The maximum Gasteiger partial charge on any atom is 0.226 e. The number of benzene rings is 1. The van der Waals surface area contributed by atoms with E-state index in [2.05, 4.69) is 10.3 Å². The fourth-order valence-electron chi connectivity index (χ4n) is 2.02. The molecule has 2 aromatic rings. The monoisotopic (exact) mass is 319 g/mol. The topological polar surface area (TPSA) is 77.2 Å². The highest BCUT2D eigenvalue weighted by Gasteiger charge is 2.12. The molecule has 0 aliphatic heterocycles. The van der Waals surface area contributed by atoms with Crippen LogP contribution in [0, 0.1) is 6.92 Å². The van der Waals surface area contributed by atoms with Crippen LogP contribution in [0.4, 0.5) is 5.13 Å². The second kappa shape index (κ2) is 7.38. The van der Waals surface area contributed by atoms with Crippen LogP contribution in [-0.2, 0) is 4.79 Å². The van der Waals surface area contributed by atoms with E-state index in [4.69, 9.17) is 10.5 Å². The number of nitrogens with zero attached hydrogens (tertiary/aromatic N) is 1. The van der Waals surface area contributed by atoms with E-state index < -0.39 is 0 Å². The SMILES string of the molecule is COc1ccc(C)cc1-c1csc(NC(=O)CCC(C)N)n1. The molecule has 0 saturated heterocycles. The molecule has 1 aromatic carbocycles. The molecule has 0 saturated carbocycles. The lowest BCUT2D eigenvalue weighted by atomic mass is 10.1. The Balaban J connectivity index is 2.11. The molecule has 0 aliphatic carbocycles. The van der Waals surface area contributed by atoms with E-state index in [1.165, 1.54) is 11.3 Å². The van der Waals surface area contributed by atoms with Crippen molar-refractivity contribution in [1.82, 2.24) is 4.98 Å². The Morgan fingerprint density at radius 3 is 2.95 bits per heavy atom. The van der Waals surface area contributed by atoms with Crippen molar-refractivity contribution < 1.29 is 9.53 Å². The first-order chi connectivity index (χ1) is 10.5. The quantitative estimate of drug-likeness (QED) is 0.857. The number of nitrogens with one attached hydrogen (secondary N) is 1. The number of thiazole rings is 1. The molecule has 5 nitrogen and oxygen atoms in total. The number of ether oxygens (including phenoxy) is 1. The maximum atomic E-state index is 11.8. The summed E-state index contributed by atoms with van der Waals surface area (Å²) < 4.78 is 5.37. The highest BCUT2D eigenvalue weighted by atomic mass is 32.1. The predicted molar refractivity (Wildman–Crippen MR) is 90.4 cm³/mol. The van der Waals surface area contributed by atoms with Crippen molar-refractivity contribution in [2.75, 3.05) is 12.4 Å². The lowest BCUT2D eigenvalue weighted by Gasteiger charge is -2.07. The summed E-state index contributed by atoms with van der Waals surface area (Å²) >= 11 is 1.40. The van der Waals surface area contributed by atoms with Gasteiger partial charge in [0.1, 0.15) is 5.75 Å². The number of hydrogen-bond donors (Lipinski definition) is 2. The summed E-state index contributed by atoms with van der Waals surface area (Å²) in [5.74, 6) is 0.708. The Labute approximate surface area is 134 Å². The third kappa shape index (κ3) is 4.29. The van der Waals surface area contributed by atoms with E-state index in [0.717, 1.165) is 22.6 Å². The number of rotatable bonds is 6. The van der Waals surface area contributed by atoms with Gasteiger partial charge in [0.25, 0.3) is 0 Å². The van der Waals surface area contributed by atoms with Crippen molar-refractivity contribution in [2.24, 2.45) is 5.73 Å². The minimum atomic E-state index is -0.0607. The second-order valence-electron chi connectivity index (χ2n) is 5.31. The normalized spacial score (nSPS) is 12.0. The van der Waals surface area contributed by atoms with Gasteiger partial charge in [-0.25, -0.2) is 4.98 Å². The molecule has 1 heterocycles. The minimum absolute atomic E-state index is 0.0224. The number of anilines is 1. The van der Waals surface area contributed by atoms with E-state index in [9.17, 15) is 4.79 Å². The zero-order chi connectivity index (χ0) is 16.1. The van der Waals surface area contributed by atoms with Gasteiger partial charge < -0.3 is 15.8 Å². The van der Waals surface area contributed by atoms with Gasteiger partial charge in [0.05, 0.1) is 12.8 Å². The highest BCUT2D eigenvalue weighted by Crippen LogP contribution is 2.32. The summed E-state index contributed by atoms with van der Waals surface area (Å²) in [6, 6.07) is 5.96. The Morgan fingerprint density at radius 1 is 1.50 bits per heavy atom. The largest absolute Gasteiger partial charge is 0.496 e. The molecule has 1 unspecified atom stereocenters. The lowest BCUT2D eigenvalue weighted by molar-refractivity contribution is -0.116. The number of carbonyl (C=O) groups excluding carboxylic acids is 1. The van der Waals surface area contributed by atoms with Gasteiger partial charge >= 0.3 is 0 Å². The first-order valence-electron chi connectivity index (χ1n) is 7.15. The maximum absolute atomic E-state index is 11.8. The average molecular weight is 319 g/mol. The smallest absolute Gasteiger partial charge is 0.226 e. The summed E-state index contributed by atoms with van der Waals surface area (Å²) in [6.07, 6.45) is 1.07. The van der Waals surface area contributed by atoms with Crippen molar-refractivity contribution in [2.45, 2.75) is 32.7 Å². The number of amides is 1. The standard InChI is InChI=1S/C16H21N3O2S/c1-10-4-6-14(21-3)12(8-10)13-9-22-16(18-13)19-15(20)7-5-11(2)17/h4,6,8-9,11H,5,7,17H2,1-3H3,(H,18,19,20). The number of nitrogens with two attached hydrogens (primary N) is 1. The van der Waals surface area contributed by atoms with Gasteiger partial charge in [-0.05, 0) is 32.4 Å². The summed E-state index contributed by atoms with van der Waals surface area (Å²) in [5, 5.41) is 5.32. The zero-order valence-electron chi connectivity index (χ0n) is 13.1. The molecule has 22 heavy (non-hydrogen) atoms. The number of hydrogen-bond acceptors (Lipinski definition) is 5. The van der Waals surface area contributed by atoms with Crippen LogP contribution in [0.5, 0.6) is 5.75 Å². The van der Waals surface area contributed by atoms with Gasteiger partial charge in [-0.1, -0.05) is 11.6 Å². The molecule has 0 spiro atoms. The van der Waals surface area contributed by atoms with E-state index >= 15 is 0 Å². The van der Waals surface area contributed by atoms with Crippen LogP contribution >= 0.6 is 11.3 Å². The molecule has 1 aromatic heterocycles. The predicted octanol–water partition coefficient (Wildman–Crippen LogP) is 3.19. The Bertz CT molecular complexity index is 653. The fourth-order valence-corrected chi connectivity index (χ4v) is 2.74. The Kier molecular flexibility index (Phi) is 5.51. The first-order valence-corrected chi connectivity index (χ1v) is 8.03. The van der Waals surface area contributed by atoms with Crippen LogP contribution in [0.15, 0.2) is 23.6 Å². The Hall–Kier alpha value is -1.92. The Morgan fingerprint density at radius 2 is 2.27 bits per heavy atom.